The van der Waals surface area contributed by atoms with Crippen LogP contribution in [0.1, 0.15) is 24.6 Å². The Morgan fingerprint density at radius 1 is 1.04 bits per heavy atom. The van der Waals surface area contributed by atoms with Gasteiger partial charge in [0, 0.05) is 48.5 Å². The average Bonchev–Trinajstić information content (AvgIpc) is 3.38. The predicted octanol–water partition coefficient (Wildman–Crippen LogP) is 3.03. The molecule has 1 aliphatic rings. The summed E-state index contributed by atoms with van der Waals surface area (Å²) in [5.41, 5.74) is 2.66. The van der Waals surface area contributed by atoms with Crippen LogP contribution in [0.25, 0.3) is 16.9 Å². The van der Waals surface area contributed by atoms with Crippen LogP contribution in [0.15, 0.2) is 48.2 Å². The summed E-state index contributed by atoms with van der Waals surface area (Å²) in [6.45, 7) is 1.96. The molecule has 5 rings (SSSR count). The highest BCUT2D eigenvalue weighted by Gasteiger charge is 2.26. The molecule has 0 aliphatic carbocycles. The zero-order valence-electron chi connectivity index (χ0n) is 14.1. The number of rotatable bonds is 3. The summed E-state index contributed by atoms with van der Waals surface area (Å²) >= 11 is 1.69. The van der Waals surface area contributed by atoms with Crippen LogP contribution in [0.4, 0.5) is 5.13 Å². The van der Waals surface area contributed by atoms with Crippen LogP contribution in [0, 0.1) is 0 Å². The molecule has 0 spiro atoms. The van der Waals surface area contributed by atoms with Gasteiger partial charge in [-0.2, -0.15) is 9.61 Å². The van der Waals surface area contributed by atoms with Crippen molar-refractivity contribution in [2.45, 2.75) is 18.8 Å². The molecule has 1 aliphatic heterocycles. The first-order chi connectivity index (χ1) is 12.9. The monoisotopic (exact) mass is 363 g/mol. The summed E-state index contributed by atoms with van der Waals surface area (Å²) in [6.07, 6.45) is 7.51. The van der Waals surface area contributed by atoms with E-state index in [2.05, 4.69) is 25.1 Å². The number of anilines is 1. The summed E-state index contributed by atoms with van der Waals surface area (Å²) in [5.74, 6) is 1.31. The van der Waals surface area contributed by atoms with E-state index in [1.807, 2.05) is 46.6 Å². The first-order valence-corrected chi connectivity index (χ1v) is 9.53. The molecule has 0 unspecified atom stereocenters. The zero-order chi connectivity index (χ0) is 17.3. The van der Waals surface area contributed by atoms with Crippen molar-refractivity contribution in [1.82, 2.24) is 29.8 Å². The molecule has 26 heavy (non-hydrogen) atoms. The van der Waals surface area contributed by atoms with Crippen LogP contribution < -0.4 is 4.90 Å². The molecule has 0 atom stereocenters. The lowest BCUT2D eigenvalue weighted by Gasteiger charge is -2.30. The second-order valence-corrected chi connectivity index (χ2v) is 7.24. The maximum atomic E-state index is 4.78. The topological polar surface area (TPSA) is 72.1 Å². The fraction of sp³-hybridized carbons (Fsp3) is 0.278. The number of piperidine rings is 1. The Morgan fingerprint density at radius 3 is 2.73 bits per heavy atom. The van der Waals surface area contributed by atoms with Crippen LogP contribution in [0.5, 0.6) is 0 Å². The van der Waals surface area contributed by atoms with Gasteiger partial charge in [0.05, 0.1) is 5.69 Å². The van der Waals surface area contributed by atoms with E-state index in [-0.39, 0.29) is 0 Å². The quantitative estimate of drug-likeness (QED) is 0.557. The van der Waals surface area contributed by atoms with Crippen molar-refractivity contribution in [3.8, 4) is 11.3 Å². The highest BCUT2D eigenvalue weighted by Crippen LogP contribution is 2.30. The summed E-state index contributed by atoms with van der Waals surface area (Å²) in [4.78, 5) is 10.9. The molecule has 1 saturated heterocycles. The van der Waals surface area contributed by atoms with E-state index < -0.39 is 0 Å². The minimum atomic E-state index is 0.359. The Kier molecular flexibility index (Phi) is 3.82. The predicted molar refractivity (Wildman–Crippen MR) is 100 cm³/mol. The number of fused-ring (bicyclic) bond motifs is 1. The van der Waals surface area contributed by atoms with Gasteiger partial charge < -0.3 is 4.90 Å². The van der Waals surface area contributed by atoms with Gasteiger partial charge in [-0.05, 0) is 37.1 Å². The average molecular weight is 363 g/mol. The molecule has 0 bridgehead atoms. The number of nitrogens with zero attached hydrogens (tertiary/aromatic N) is 7. The lowest BCUT2D eigenvalue weighted by atomic mass is 9.96. The number of thiazole rings is 1. The van der Waals surface area contributed by atoms with E-state index in [9.17, 15) is 0 Å². The van der Waals surface area contributed by atoms with Crippen molar-refractivity contribution in [1.29, 1.82) is 0 Å². The summed E-state index contributed by atoms with van der Waals surface area (Å²) in [7, 11) is 0. The third-order valence-electron chi connectivity index (χ3n) is 4.79. The molecule has 0 radical (unpaired) electrons. The summed E-state index contributed by atoms with van der Waals surface area (Å²) in [5, 5.41) is 16.7. The van der Waals surface area contributed by atoms with Crippen molar-refractivity contribution in [2.24, 2.45) is 0 Å². The molecule has 4 aromatic rings. The third kappa shape index (κ3) is 2.72. The molecule has 0 N–H and O–H groups in total. The summed E-state index contributed by atoms with van der Waals surface area (Å²) < 4.78 is 1.89. The molecule has 4 aromatic heterocycles. The van der Waals surface area contributed by atoms with Gasteiger partial charge in [0.1, 0.15) is 0 Å². The van der Waals surface area contributed by atoms with E-state index in [4.69, 9.17) is 5.10 Å². The fourth-order valence-electron chi connectivity index (χ4n) is 3.43. The van der Waals surface area contributed by atoms with Crippen molar-refractivity contribution in [3.05, 3.63) is 54.1 Å². The van der Waals surface area contributed by atoms with Crippen molar-refractivity contribution in [2.75, 3.05) is 18.0 Å². The fourth-order valence-corrected chi connectivity index (χ4v) is 4.13. The smallest absolute Gasteiger partial charge is 0.185 e. The van der Waals surface area contributed by atoms with Gasteiger partial charge in [-0.15, -0.1) is 21.5 Å². The standard InChI is InChI=1S/C18H17N7S/c1-2-14(12-19-7-1)15-3-4-16-21-22-17(25(16)23-15)13-5-9-24(10-6-13)18-20-8-11-26-18/h1-4,7-8,11-13H,5-6,9-10H2. The second-order valence-electron chi connectivity index (χ2n) is 6.36. The second kappa shape index (κ2) is 6.45. The molecule has 7 nitrogen and oxygen atoms in total. The van der Waals surface area contributed by atoms with E-state index >= 15 is 0 Å². The molecule has 5 heterocycles. The Hall–Kier alpha value is -2.87. The SMILES string of the molecule is c1cncc(-c2ccc3nnc(C4CCN(c5nccs5)CC4)n3n2)c1. The van der Waals surface area contributed by atoms with Gasteiger partial charge in [0.15, 0.2) is 16.6 Å². The largest absolute Gasteiger partial charge is 0.348 e. The number of hydrogen-bond donors (Lipinski definition) is 0. The third-order valence-corrected chi connectivity index (χ3v) is 5.63. The lowest BCUT2D eigenvalue weighted by molar-refractivity contribution is 0.477. The van der Waals surface area contributed by atoms with Gasteiger partial charge in [-0.25, -0.2) is 4.98 Å². The Labute approximate surface area is 154 Å². The van der Waals surface area contributed by atoms with Crippen LogP contribution >= 0.6 is 11.3 Å². The van der Waals surface area contributed by atoms with E-state index in [0.717, 1.165) is 53.8 Å². The van der Waals surface area contributed by atoms with E-state index in [1.165, 1.54) is 0 Å². The molecular formula is C18H17N7S. The number of aromatic nitrogens is 6. The Balaban J connectivity index is 1.43. The molecular weight excluding hydrogens is 346 g/mol. The molecule has 0 saturated carbocycles. The van der Waals surface area contributed by atoms with Crippen LogP contribution in [0.2, 0.25) is 0 Å². The molecule has 0 amide bonds. The van der Waals surface area contributed by atoms with Gasteiger partial charge in [-0.1, -0.05) is 0 Å². The highest BCUT2D eigenvalue weighted by molar-refractivity contribution is 7.13. The maximum absolute atomic E-state index is 4.78. The normalized spacial score (nSPS) is 15.6. The van der Waals surface area contributed by atoms with Crippen LogP contribution in [-0.4, -0.2) is 42.9 Å². The van der Waals surface area contributed by atoms with Crippen LogP contribution in [0.3, 0.4) is 0 Å². The first-order valence-electron chi connectivity index (χ1n) is 8.66. The van der Waals surface area contributed by atoms with Crippen molar-refractivity contribution >= 4 is 22.1 Å². The van der Waals surface area contributed by atoms with Gasteiger partial charge in [0.2, 0.25) is 0 Å². The van der Waals surface area contributed by atoms with Crippen molar-refractivity contribution in [3.63, 3.8) is 0 Å². The highest BCUT2D eigenvalue weighted by atomic mass is 32.1. The molecule has 0 aromatic carbocycles. The first kappa shape index (κ1) is 15.4. The van der Waals surface area contributed by atoms with Crippen molar-refractivity contribution < 1.29 is 0 Å². The molecule has 130 valence electrons. The van der Waals surface area contributed by atoms with Crippen LogP contribution in [-0.2, 0) is 0 Å². The lowest BCUT2D eigenvalue weighted by Crippen LogP contribution is -2.33. The minimum Gasteiger partial charge on any atom is -0.348 e. The minimum absolute atomic E-state index is 0.359. The Bertz CT molecular complexity index is 1000. The Morgan fingerprint density at radius 2 is 1.96 bits per heavy atom. The summed E-state index contributed by atoms with van der Waals surface area (Å²) in [6, 6.07) is 7.87. The van der Waals surface area contributed by atoms with E-state index in [0.29, 0.717) is 5.92 Å². The maximum Gasteiger partial charge on any atom is 0.185 e. The van der Waals surface area contributed by atoms with Gasteiger partial charge in [-0.3, -0.25) is 4.98 Å². The van der Waals surface area contributed by atoms with Gasteiger partial charge in [0.25, 0.3) is 0 Å². The number of hydrogen-bond acceptors (Lipinski definition) is 7. The van der Waals surface area contributed by atoms with Gasteiger partial charge >= 0.3 is 0 Å². The zero-order valence-corrected chi connectivity index (χ0v) is 14.9. The molecule has 1 fully saturated rings. The van der Waals surface area contributed by atoms with E-state index in [1.54, 1.807) is 17.5 Å². The number of pyridine rings is 1. The molecule has 8 heteroatoms.